The average Bonchev–Trinajstić information content (AvgIpc) is 0. The quantitative estimate of drug-likeness (QED) is 0.382. The van der Waals surface area contributed by atoms with Crippen LogP contribution in [0.3, 0.4) is 0 Å². The molecule has 0 aliphatic rings. The fourth-order valence-electron chi connectivity index (χ4n) is 0. The molecule has 0 atom stereocenters. The Hall–Kier alpha value is 2.03. The molecule has 0 saturated carbocycles. The molecular weight excluding hydrogens is 325 g/mol. The Kier molecular flexibility index (Phi) is 3490. The third-order valence-corrected chi connectivity index (χ3v) is 0. The Labute approximate surface area is 102 Å². The third kappa shape index (κ3) is 96.2. The first kappa shape index (κ1) is 198. The average molecular weight is 337 g/mol. The predicted molar refractivity (Wildman–Crippen MR) is 27.4 cm³/mol. The number of rotatable bonds is 0. The van der Waals surface area contributed by atoms with Crippen molar-refractivity contribution in [3.05, 3.63) is 0 Å². The van der Waals surface area contributed by atoms with Crippen molar-refractivity contribution in [3.8, 4) is 0 Å². The molecule has 0 spiro atoms. The molecule has 0 heterocycles. The monoisotopic (exact) mass is 339 g/mol. The van der Waals surface area contributed by atoms with Gasteiger partial charge in [-0.2, -0.15) is 0 Å². The minimum Gasteiger partial charge on any atom is -0.412 e. The molecule has 0 aliphatic carbocycles. The Balaban J connectivity index is 0. The second kappa shape index (κ2) is 141. The Bertz CT molecular complexity index is 8.49. The molecule has 8 heavy (non-hydrogen) atoms. The zero-order valence-corrected chi connectivity index (χ0v) is 10.0. The Morgan fingerprint density at radius 2 is 0.375 bits per heavy atom. The van der Waals surface area contributed by atoms with E-state index in [2.05, 4.69) is 0 Å². The van der Waals surface area contributed by atoms with Crippen molar-refractivity contribution in [2.75, 3.05) is 0 Å². The van der Waals surface area contributed by atoms with E-state index < -0.39 is 0 Å². The van der Waals surface area contributed by atoms with Gasteiger partial charge in [0.1, 0.15) is 0 Å². The van der Waals surface area contributed by atoms with Gasteiger partial charge in [-0.3, -0.25) is 0 Å². The molecule has 0 rings (SSSR count). The van der Waals surface area contributed by atoms with Crippen LogP contribution in [0, 0.1) is 0 Å². The van der Waals surface area contributed by atoms with Crippen molar-refractivity contribution in [3.63, 3.8) is 0 Å². The summed E-state index contributed by atoms with van der Waals surface area (Å²) in [5.74, 6) is 0. The summed E-state index contributed by atoms with van der Waals surface area (Å²) in [6.07, 6.45) is 0. The maximum atomic E-state index is 0. The van der Waals surface area contributed by atoms with Crippen LogP contribution >= 0.6 is 0 Å². The second-order valence-electron chi connectivity index (χ2n) is 0. The molecule has 0 aliphatic heterocycles. The van der Waals surface area contributed by atoms with Crippen molar-refractivity contribution < 1.29 is 52.6 Å². The third-order valence-electron chi connectivity index (χ3n) is 0. The van der Waals surface area contributed by atoms with E-state index in [0.29, 0.717) is 0 Å². The molecule has 0 fully saturated rings. The SMILES string of the molecule is O.O.O.O.O.O.[K].[Os]. The maximum absolute atomic E-state index is 0. The van der Waals surface area contributed by atoms with E-state index in [1.165, 1.54) is 0 Å². The van der Waals surface area contributed by atoms with Crippen LogP contribution in [0.1, 0.15) is 0 Å². The number of hydrogen-bond donors (Lipinski definition) is 0. The molecule has 0 unspecified atom stereocenters. The van der Waals surface area contributed by atoms with Crippen LogP contribution in [-0.4, -0.2) is 84.2 Å². The van der Waals surface area contributed by atoms with Gasteiger partial charge in [-0.1, -0.05) is 0 Å². The van der Waals surface area contributed by atoms with Crippen LogP contribution < -0.4 is 0 Å². The second-order valence-corrected chi connectivity index (χ2v) is 0. The molecule has 0 bridgehead atoms. The van der Waals surface area contributed by atoms with Gasteiger partial charge in [-0.25, -0.2) is 0 Å². The van der Waals surface area contributed by atoms with Gasteiger partial charge in [0.25, 0.3) is 0 Å². The summed E-state index contributed by atoms with van der Waals surface area (Å²) in [5, 5.41) is 0. The van der Waals surface area contributed by atoms with E-state index in [1.54, 1.807) is 0 Å². The van der Waals surface area contributed by atoms with Crippen molar-refractivity contribution >= 4 is 51.4 Å². The van der Waals surface area contributed by atoms with Crippen LogP contribution in [0.25, 0.3) is 0 Å². The molecule has 0 aromatic heterocycles. The standard InChI is InChI=1S/K.6H2O.Os/h;6*1H2;. The maximum Gasteiger partial charge on any atom is 0 e. The normalized spacial score (nSPS) is 0. The molecule has 0 aromatic carbocycles. The first-order valence-electron chi connectivity index (χ1n) is 0. The van der Waals surface area contributed by atoms with Gasteiger partial charge in [0.05, 0.1) is 0 Å². The van der Waals surface area contributed by atoms with Crippen LogP contribution in [0.15, 0.2) is 0 Å². The fourth-order valence-corrected chi connectivity index (χ4v) is 0. The summed E-state index contributed by atoms with van der Waals surface area (Å²) >= 11 is 0. The summed E-state index contributed by atoms with van der Waals surface area (Å²) in [7, 11) is 0. The van der Waals surface area contributed by atoms with E-state index in [1.807, 2.05) is 0 Å². The van der Waals surface area contributed by atoms with Crippen LogP contribution in [0.2, 0.25) is 0 Å². The Morgan fingerprint density at radius 3 is 0.375 bits per heavy atom. The van der Waals surface area contributed by atoms with Crippen LogP contribution in [-0.2, 0) is 19.8 Å². The van der Waals surface area contributed by atoms with Crippen molar-refractivity contribution in [2.24, 2.45) is 0 Å². The van der Waals surface area contributed by atoms with E-state index in [-0.39, 0.29) is 104 Å². The van der Waals surface area contributed by atoms with E-state index in [4.69, 9.17) is 0 Å². The molecular formula is H12KO6Os. The first-order chi connectivity index (χ1) is 0. The summed E-state index contributed by atoms with van der Waals surface area (Å²) in [6, 6.07) is 0. The first-order valence-corrected chi connectivity index (χ1v) is 0. The molecule has 0 amide bonds. The minimum atomic E-state index is 0. The zero-order chi connectivity index (χ0) is 0. The van der Waals surface area contributed by atoms with Gasteiger partial charge in [-0.05, 0) is 0 Å². The van der Waals surface area contributed by atoms with Gasteiger partial charge in [0, 0.05) is 71.2 Å². The predicted octanol–water partition coefficient (Wildman–Crippen LogP) is -5.33. The molecule has 0 aromatic rings. The van der Waals surface area contributed by atoms with Gasteiger partial charge < -0.3 is 32.9 Å². The molecule has 0 saturated heterocycles. The van der Waals surface area contributed by atoms with E-state index in [0.717, 1.165) is 0 Å². The van der Waals surface area contributed by atoms with Crippen LogP contribution in [0.4, 0.5) is 0 Å². The molecule has 6 nitrogen and oxygen atoms in total. The smallest absolute Gasteiger partial charge is 0 e. The molecule has 12 N–H and O–H groups in total. The summed E-state index contributed by atoms with van der Waals surface area (Å²) in [4.78, 5) is 0. The molecule has 57 valence electrons. The summed E-state index contributed by atoms with van der Waals surface area (Å²) in [6.45, 7) is 0. The summed E-state index contributed by atoms with van der Waals surface area (Å²) in [5.41, 5.74) is 0. The van der Waals surface area contributed by atoms with Crippen LogP contribution in [0.5, 0.6) is 0 Å². The zero-order valence-electron chi connectivity index (χ0n) is 4.35. The minimum absolute atomic E-state index is 0. The van der Waals surface area contributed by atoms with Gasteiger partial charge in [0.2, 0.25) is 0 Å². The van der Waals surface area contributed by atoms with Gasteiger partial charge >= 0.3 is 0 Å². The fraction of sp³-hybridized carbons (Fsp3) is 0. The van der Waals surface area contributed by atoms with Crippen molar-refractivity contribution in [1.82, 2.24) is 0 Å². The number of hydrogen-bond acceptors (Lipinski definition) is 0. The topological polar surface area (TPSA) is 189 Å². The van der Waals surface area contributed by atoms with E-state index in [9.17, 15) is 0 Å². The molecule has 1 radical (unpaired) electrons. The van der Waals surface area contributed by atoms with Gasteiger partial charge in [0.15, 0.2) is 0 Å². The van der Waals surface area contributed by atoms with Crippen molar-refractivity contribution in [2.45, 2.75) is 0 Å². The molecule has 8 heteroatoms. The van der Waals surface area contributed by atoms with Crippen molar-refractivity contribution in [1.29, 1.82) is 0 Å². The van der Waals surface area contributed by atoms with Gasteiger partial charge in [-0.15, -0.1) is 0 Å². The van der Waals surface area contributed by atoms with E-state index >= 15 is 0 Å². The summed E-state index contributed by atoms with van der Waals surface area (Å²) < 4.78 is 0. The largest absolute Gasteiger partial charge is 0.412 e. The Morgan fingerprint density at radius 1 is 0.375 bits per heavy atom.